The van der Waals surface area contributed by atoms with Crippen LogP contribution >= 0.6 is 0 Å². The topological polar surface area (TPSA) is 89.7 Å². The smallest absolute Gasteiger partial charge is 0.322 e. The van der Waals surface area contributed by atoms with E-state index in [0.717, 1.165) is 28.1 Å². The second-order valence-electron chi connectivity index (χ2n) is 7.67. The van der Waals surface area contributed by atoms with Crippen molar-refractivity contribution < 1.29 is 18.8 Å². The van der Waals surface area contributed by atoms with Crippen LogP contribution in [0.25, 0.3) is 17.0 Å². The molecular weight excluding hydrogens is 420 g/mol. The van der Waals surface area contributed by atoms with E-state index in [-0.39, 0.29) is 6.03 Å². The lowest BCUT2D eigenvalue weighted by Crippen LogP contribution is -2.46. The molecule has 0 saturated heterocycles. The van der Waals surface area contributed by atoms with E-state index in [1.807, 2.05) is 68.4 Å². The molecular formula is C25H28N4O4. The van der Waals surface area contributed by atoms with Crippen LogP contribution in [-0.2, 0) is 4.74 Å². The first-order valence-electron chi connectivity index (χ1n) is 11.0. The van der Waals surface area contributed by atoms with Crippen LogP contribution in [0.1, 0.15) is 37.8 Å². The number of carbonyl (C=O) groups excluding carboxylic acids is 1. The van der Waals surface area contributed by atoms with E-state index < -0.39 is 6.04 Å². The number of methoxy groups -OCH3 is 1. The van der Waals surface area contributed by atoms with E-state index >= 15 is 0 Å². The Labute approximate surface area is 193 Å². The third-order valence-electron chi connectivity index (χ3n) is 5.54. The van der Waals surface area contributed by atoms with Crippen molar-refractivity contribution in [1.29, 1.82) is 0 Å². The highest BCUT2D eigenvalue weighted by atomic mass is 16.5. The zero-order valence-corrected chi connectivity index (χ0v) is 19.1. The molecule has 2 amide bonds. The minimum atomic E-state index is -0.434. The molecule has 1 aliphatic rings. The van der Waals surface area contributed by atoms with Crippen molar-refractivity contribution in [1.82, 2.24) is 20.4 Å². The molecule has 1 aromatic heterocycles. The number of urea groups is 1. The van der Waals surface area contributed by atoms with Crippen molar-refractivity contribution in [3.8, 4) is 17.1 Å². The number of rotatable bonds is 9. The Morgan fingerprint density at radius 1 is 1.12 bits per heavy atom. The first-order valence-corrected chi connectivity index (χ1v) is 11.0. The van der Waals surface area contributed by atoms with Gasteiger partial charge in [-0.3, -0.25) is 4.90 Å². The lowest BCUT2D eigenvalue weighted by Gasteiger charge is -2.35. The molecule has 0 fully saturated rings. The zero-order valence-electron chi connectivity index (χ0n) is 19.1. The Kier molecular flexibility index (Phi) is 7.04. The van der Waals surface area contributed by atoms with Crippen LogP contribution in [0.2, 0.25) is 0 Å². The summed E-state index contributed by atoms with van der Waals surface area (Å²) >= 11 is 0. The highest BCUT2D eigenvalue weighted by molar-refractivity contribution is 5.86. The van der Waals surface area contributed by atoms with Crippen molar-refractivity contribution in [2.75, 3.05) is 26.9 Å². The van der Waals surface area contributed by atoms with Crippen molar-refractivity contribution in [3.63, 3.8) is 0 Å². The Morgan fingerprint density at radius 3 is 2.58 bits per heavy atom. The maximum Gasteiger partial charge on any atom is 0.322 e. The number of hydrogen-bond acceptors (Lipinski definition) is 6. The molecule has 2 aromatic carbocycles. The summed E-state index contributed by atoms with van der Waals surface area (Å²) in [6, 6.07) is 16.7. The molecule has 8 nitrogen and oxygen atoms in total. The largest absolute Gasteiger partial charge is 0.494 e. The lowest BCUT2D eigenvalue weighted by molar-refractivity contribution is 0.174. The summed E-state index contributed by atoms with van der Waals surface area (Å²) in [6.07, 6.45) is 0.710. The highest BCUT2D eigenvalue weighted by Crippen LogP contribution is 2.37. The van der Waals surface area contributed by atoms with Gasteiger partial charge in [-0.05, 0) is 38.0 Å². The summed E-state index contributed by atoms with van der Waals surface area (Å²) in [5.74, 6) is 1.65. The van der Waals surface area contributed by atoms with E-state index in [0.29, 0.717) is 37.9 Å². The number of ether oxygens (including phenoxy) is 2. The van der Waals surface area contributed by atoms with E-state index in [2.05, 4.69) is 15.5 Å². The van der Waals surface area contributed by atoms with E-state index in [4.69, 9.17) is 14.0 Å². The number of nitrogens with zero attached hydrogens (tertiary/aromatic N) is 3. The van der Waals surface area contributed by atoms with Gasteiger partial charge in [-0.15, -0.1) is 0 Å². The molecule has 2 heterocycles. The predicted octanol–water partition coefficient (Wildman–Crippen LogP) is 4.67. The molecule has 0 saturated carbocycles. The summed E-state index contributed by atoms with van der Waals surface area (Å²) in [5.41, 5.74) is 3.31. The quantitative estimate of drug-likeness (QED) is 0.479. The van der Waals surface area contributed by atoms with E-state index in [9.17, 15) is 4.79 Å². The number of aromatic nitrogens is 2. The molecule has 1 aliphatic heterocycles. The van der Waals surface area contributed by atoms with Gasteiger partial charge >= 0.3 is 6.03 Å². The van der Waals surface area contributed by atoms with Gasteiger partial charge in [-0.25, -0.2) is 4.79 Å². The molecule has 0 spiro atoms. The normalized spacial score (nSPS) is 16.2. The first kappa shape index (κ1) is 22.5. The highest BCUT2D eigenvalue weighted by Gasteiger charge is 2.35. The number of allylic oxidation sites excluding steroid dienone is 1. The third-order valence-corrected chi connectivity index (χ3v) is 5.54. The Hall–Kier alpha value is -3.65. The fraction of sp³-hybridized carbons (Fsp3) is 0.320. The number of benzene rings is 2. The van der Waals surface area contributed by atoms with Gasteiger partial charge in [0, 0.05) is 31.5 Å². The maximum atomic E-state index is 13.0. The summed E-state index contributed by atoms with van der Waals surface area (Å²) < 4.78 is 16.4. The van der Waals surface area contributed by atoms with Gasteiger partial charge in [-0.2, -0.15) is 4.98 Å². The fourth-order valence-electron chi connectivity index (χ4n) is 3.91. The Balaban J connectivity index is 1.74. The second kappa shape index (κ2) is 10.3. The summed E-state index contributed by atoms with van der Waals surface area (Å²) in [5, 5.41) is 7.30. The van der Waals surface area contributed by atoms with Crippen molar-refractivity contribution in [2.24, 2.45) is 0 Å². The van der Waals surface area contributed by atoms with Gasteiger partial charge in [0.25, 0.3) is 5.89 Å². The van der Waals surface area contributed by atoms with Crippen molar-refractivity contribution in [2.45, 2.75) is 26.3 Å². The molecule has 0 aliphatic carbocycles. The molecule has 0 radical (unpaired) electrons. The average Bonchev–Trinajstić information content (AvgIpc) is 3.32. The predicted molar refractivity (Wildman–Crippen MR) is 124 cm³/mol. The van der Waals surface area contributed by atoms with Gasteiger partial charge in [-0.1, -0.05) is 47.6 Å². The third kappa shape index (κ3) is 4.90. The summed E-state index contributed by atoms with van der Waals surface area (Å²) in [7, 11) is 1.65. The summed E-state index contributed by atoms with van der Waals surface area (Å²) in [6.45, 7) is 5.52. The van der Waals surface area contributed by atoms with Gasteiger partial charge < -0.3 is 19.3 Å². The van der Waals surface area contributed by atoms with Crippen molar-refractivity contribution in [3.05, 3.63) is 71.7 Å². The molecule has 3 aromatic rings. The monoisotopic (exact) mass is 448 g/mol. The molecule has 1 unspecified atom stereocenters. The molecule has 8 heteroatoms. The van der Waals surface area contributed by atoms with Gasteiger partial charge in [0.1, 0.15) is 5.75 Å². The standard InChI is InChI=1S/C25H28N4O4/c1-4-32-20-13-11-18(12-14-20)22-21(17(2)29(25(30)26-22)15-8-16-31-3)24-27-23(28-33-24)19-9-6-5-7-10-19/h5-7,9-14,22H,4,8,15-16H2,1-3H3,(H,26,30). The fourth-order valence-corrected chi connectivity index (χ4v) is 3.91. The molecule has 33 heavy (non-hydrogen) atoms. The van der Waals surface area contributed by atoms with E-state index in [1.165, 1.54) is 0 Å². The zero-order chi connectivity index (χ0) is 23.2. The van der Waals surface area contributed by atoms with Crippen LogP contribution in [0.5, 0.6) is 5.75 Å². The van der Waals surface area contributed by atoms with E-state index in [1.54, 1.807) is 12.0 Å². The summed E-state index contributed by atoms with van der Waals surface area (Å²) in [4.78, 5) is 19.4. The van der Waals surface area contributed by atoms with Crippen LogP contribution in [0.4, 0.5) is 4.79 Å². The van der Waals surface area contributed by atoms with Crippen LogP contribution in [0, 0.1) is 0 Å². The van der Waals surface area contributed by atoms with Gasteiger partial charge in [0.05, 0.1) is 18.2 Å². The molecule has 1 N–H and O–H groups in total. The van der Waals surface area contributed by atoms with Gasteiger partial charge in [0.2, 0.25) is 5.82 Å². The molecule has 0 bridgehead atoms. The lowest BCUT2D eigenvalue weighted by atomic mass is 9.94. The molecule has 1 atom stereocenters. The number of hydrogen-bond donors (Lipinski definition) is 1. The van der Waals surface area contributed by atoms with Crippen LogP contribution in [0.3, 0.4) is 0 Å². The molecule has 172 valence electrons. The minimum absolute atomic E-state index is 0.172. The average molecular weight is 449 g/mol. The Bertz CT molecular complexity index is 1110. The Morgan fingerprint density at radius 2 is 1.88 bits per heavy atom. The number of nitrogens with one attached hydrogen (secondary N) is 1. The van der Waals surface area contributed by atoms with Crippen LogP contribution in [0.15, 0.2) is 64.8 Å². The SMILES string of the molecule is CCOc1ccc(C2NC(=O)N(CCCOC)C(C)=C2c2nc(-c3ccccc3)no2)cc1. The van der Waals surface area contributed by atoms with Crippen molar-refractivity contribution >= 4 is 11.6 Å². The second-order valence-corrected chi connectivity index (χ2v) is 7.67. The van der Waals surface area contributed by atoms with Gasteiger partial charge in [0.15, 0.2) is 0 Å². The number of amides is 2. The first-order chi connectivity index (χ1) is 16.1. The number of carbonyl (C=O) groups is 1. The van der Waals surface area contributed by atoms with Crippen LogP contribution in [-0.4, -0.2) is 47.9 Å². The molecule has 4 rings (SSSR count). The maximum absolute atomic E-state index is 13.0. The minimum Gasteiger partial charge on any atom is -0.494 e. The van der Waals surface area contributed by atoms with Crippen LogP contribution < -0.4 is 10.1 Å².